The summed E-state index contributed by atoms with van der Waals surface area (Å²) in [6.07, 6.45) is 12.2. The Balaban J connectivity index is 1.62. The number of rotatable bonds is 3. The van der Waals surface area contributed by atoms with Crippen LogP contribution in [-0.2, 0) is 9.59 Å². The molecule has 136 valence electrons. The van der Waals surface area contributed by atoms with Gasteiger partial charge >= 0.3 is 0 Å². The number of fused-ring (bicyclic) bond motifs is 5. The molecule has 25 heavy (non-hydrogen) atoms. The monoisotopic (exact) mass is 344 g/mol. The second-order valence-corrected chi connectivity index (χ2v) is 9.18. The lowest BCUT2D eigenvalue weighted by atomic mass is 9.47. The second-order valence-electron chi connectivity index (χ2n) is 9.18. The number of ketones is 2. The zero-order valence-corrected chi connectivity index (χ0v) is 15.4. The van der Waals surface area contributed by atoms with Gasteiger partial charge in [-0.25, -0.2) is 0 Å². The van der Waals surface area contributed by atoms with E-state index in [0.717, 1.165) is 38.5 Å². The van der Waals surface area contributed by atoms with Gasteiger partial charge in [0.25, 0.3) is 0 Å². The fourth-order valence-corrected chi connectivity index (χ4v) is 6.99. The zero-order chi connectivity index (χ0) is 17.8. The maximum absolute atomic E-state index is 12.7. The number of hydrogen-bond acceptors (Lipinski definition) is 2. The van der Waals surface area contributed by atoms with E-state index in [-0.39, 0.29) is 34.7 Å². The van der Waals surface area contributed by atoms with E-state index < -0.39 is 6.67 Å². The molecule has 0 unspecified atom stereocenters. The molecule has 0 aromatic carbocycles. The van der Waals surface area contributed by atoms with Gasteiger partial charge in [-0.3, -0.25) is 14.0 Å². The van der Waals surface area contributed by atoms with Crippen molar-refractivity contribution in [1.29, 1.82) is 0 Å². The first-order valence-electron chi connectivity index (χ1n) is 9.93. The average Bonchev–Trinajstić information content (AvgIpc) is 2.93. The Morgan fingerprint density at radius 3 is 2.76 bits per heavy atom. The maximum Gasteiger partial charge on any atom is 0.178 e. The van der Waals surface area contributed by atoms with Crippen LogP contribution < -0.4 is 0 Å². The lowest BCUT2D eigenvalue weighted by Gasteiger charge is -2.57. The van der Waals surface area contributed by atoms with Gasteiger partial charge in [-0.05, 0) is 73.8 Å². The quantitative estimate of drug-likeness (QED) is 0.734. The van der Waals surface area contributed by atoms with E-state index in [1.807, 2.05) is 6.08 Å². The predicted molar refractivity (Wildman–Crippen MR) is 95.7 cm³/mol. The van der Waals surface area contributed by atoms with Gasteiger partial charge in [-0.2, -0.15) is 0 Å². The van der Waals surface area contributed by atoms with Gasteiger partial charge in [-0.15, -0.1) is 0 Å². The molecule has 3 saturated carbocycles. The number of allylic oxidation sites excluding steroid dienone is 4. The van der Waals surface area contributed by atoms with Crippen LogP contribution in [0.1, 0.15) is 58.8 Å². The summed E-state index contributed by atoms with van der Waals surface area (Å²) in [5.41, 5.74) is 1.38. The van der Waals surface area contributed by atoms with Crippen molar-refractivity contribution in [2.24, 2.45) is 34.5 Å². The van der Waals surface area contributed by atoms with Crippen molar-refractivity contribution in [2.75, 3.05) is 6.67 Å². The largest absolute Gasteiger partial charge is 0.299 e. The van der Waals surface area contributed by atoms with Crippen molar-refractivity contribution in [3.63, 3.8) is 0 Å². The molecule has 0 aromatic rings. The zero-order valence-electron chi connectivity index (χ0n) is 15.4. The van der Waals surface area contributed by atoms with E-state index in [1.54, 1.807) is 6.08 Å². The lowest BCUT2D eigenvalue weighted by molar-refractivity contribution is -0.129. The van der Waals surface area contributed by atoms with Crippen LogP contribution in [0, 0.1) is 34.5 Å². The topological polar surface area (TPSA) is 34.1 Å². The first-order valence-corrected chi connectivity index (χ1v) is 9.93. The molecule has 4 aliphatic rings. The van der Waals surface area contributed by atoms with Crippen molar-refractivity contribution in [3.05, 3.63) is 23.8 Å². The van der Waals surface area contributed by atoms with Crippen molar-refractivity contribution >= 4 is 11.6 Å². The van der Waals surface area contributed by atoms with Crippen molar-refractivity contribution in [3.8, 4) is 0 Å². The van der Waals surface area contributed by atoms with Crippen molar-refractivity contribution in [1.82, 2.24) is 0 Å². The Labute approximate surface area is 149 Å². The van der Waals surface area contributed by atoms with E-state index in [4.69, 9.17) is 0 Å². The predicted octanol–water partition coefficient (Wildman–Crippen LogP) is 4.84. The highest BCUT2D eigenvalue weighted by atomic mass is 19.1. The molecule has 0 spiro atoms. The fourth-order valence-electron chi connectivity index (χ4n) is 6.99. The minimum absolute atomic E-state index is 0.0131. The molecular weight excluding hydrogens is 315 g/mol. The summed E-state index contributed by atoms with van der Waals surface area (Å²) >= 11 is 0. The SMILES string of the molecule is C[C@]12CC[C@H]3[C@@H](CCC4=CC(=O)C=C[C@@]43C)[C@@H]1CC[C@@H]2C(=O)CCF. The first kappa shape index (κ1) is 17.2. The van der Waals surface area contributed by atoms with Crippen LogP contribution in [0.15, 0.2) is 23.8 Å². The summed E-state index contributed by atoms with van der Waals surface area (Å²) in [5, 5.41) is 0. The van der Waals surface area contributed by atoms with Crippen LogP contribution in [0.3, 0.4) is 0 Å². The van der Waals surface area contributed by atoms with Crippen LogP contribution in [0.25, 0.3) is 0 Å². The van der Waals surface area contributed by atoms with Gasteiger partial charge in [0.05, 0.1) is 6.67 Å². The highest BCUT2D eigenvalue weighted by Gasteiger charge is 2.59. The van der Waals surface area contributed by atoms with E-state index >= 15 is 0 Å². The summed E-state index contributed by atoms with van der Waals surface area (Å²) in [7, 11) is 0. The number of halogens is 1. The number of Topliss-reactive ketones (excluding diaryl/α,β-unsaturated/α-hetero) is 1. The maximum atomic E-state index is 12.7. The van der Waals surface area contributed by atoms with Crippen LogP contribution in [-0.4, -0.2) is 18.2 Å². The minimum Gasteiger partial charge on any atom is -0.299 e. The lowest BCUT2D eigenvalue weighted by Crippen LogP contribution is -2.50. The van der Waals surface area contributed by atoms with Gasteiger partial charge in [0.2, 0.25) is 0 Å². The molecule has 3 fully saturated rings. The number of carbonyl (C=O) groups is 2. The molecule has 0 heterocycles. The van der Waals surface area contributed by atoms with Crippen LogP contribution in [0.2, 0.25) is 0 Å². The molecule has 0 bridgehead atoms. The third-order valence-corrected chi connectivity index (χ3v) is 8.29. The normalized spacial score (nSPS) is 45.4. The summed E-state index contributed by atoms with van der Waals surface area (Å²) in [5.74, 6) is 2.11. The summed E-state index contributed by atoms with van der Waals surface area (Å²) in [4.78, 5) is 24.3. The van der Waals surface area contributed by atoms with Gasteiger partial charge in [-0.1, -0.05) is 25.5 Å². The molecule has 4 rings (SSSR count). The summed E-state index contributed by atoms with van der Waals surface area (Å²) < 4.78 is 12.7. The molecule has 6 atom stereocenters. The highest BCUT2D eigenvalue weighted by Crippen LogP contribution is 2.66. The van der Waals surface area contributed by atoms with Crippen molar-refractivity contribution < 1.29 is 14.0 Å². The molecule has 4 aliphatic carbocycles. The van der Waals surface area contributed by atoms with Crippen LogP contribution in [0.5, 0.6) is 0 Å². The Bertz CT molecular complexity index is 663. The molecule has 0 amide bonds. The van der Waals surface area contributed by atoms with E-state index in [2.05, 4.69) is 19.9 Å². The third kappa shape index (κ3) is 2.41. The van der Waals surface area contributed by atoms with E-state index in [1.165, 1.54) is 5.57 Å². The Morgan fingerprint density at radius 2 is 2.00 bits per heavy atom. The summed E-state index contributed by atoms with van der Waals surface area (Å²) in [6.45, 7) is 4.09. The van der Waals surface area contributed by atoms with Crippen LogP contribution >= 0.6 is 0 Å². The fraction of sp³-hybridized carbons (Fsp3) is 0.727. The molecule has 2 nitrogen and oxygen atoms in total. The Hall–Kier alpha value is -1.25. The van der Waals surface area contributed by atoms with Gasteiger partial charge < -0.3 is 0 Å². The number of carbonyl (C=O) groups excluding carboxylic acids is 2. The average molecular weight is 344 g/mol. The van der Waals surface area contributed by atoms with Crippen LogP contribution in [0.4, 0.5) is 4.39 Å². The second kappa shape index (κ2) is 5.89. The van der Waals surface area contributed by atoms with E-state index in [9.17, 15) is 14.0 Å². The van der Waals surface area contributed by atoms with E-state index in [0.29, 0.717) is 17.8 Å². The number of alkyl halides is 1. The molecule has 3 heteroatoms. The smallest absolute Gasteiger partial charge is 0.178 e. The molecule has 0 aromatic heterocycles. The van der Waals surface area contributed by atoms with Gasteiger partial charge in [0, 0.05) is 17.8 Å². The Kier molecular flexibility index (Phi) is 4.05. The molecular formula is C22H29FO2. The first-order chi connectivity index (χ1) is 11.9. The highest BCUT2D eigenvalue weighted by molar-refractivity contribution is 6.01. The van der Waals surface area contributed by atoms with Gasteiger partial charge in [0.15, 0.2) is 5.78 Å². The molecule has 0 saturated heterocycles. The van der Waals surface area contributed by atoms with Crippen molar-refractivity contribution in [2.45, 2.75) is 58.8 Å². The molecule has 0 N–H and O–H groups in total. The standard InChI is InChI=1S/C22H29FO2/c1-21-10-7-15(24)13-14(21)3-4-16-17-5-6-19(20(25)9-12-23)22(17,2)11-8-18(16)21/h7,10,13,16-19H,3-6,8-9,11-12H2,1-2H3/t16-,17-,18-,19+,21-,22-/m0/s1. The number of hydrogen-bond donors (Lipinski definition) is 0. The summed E-state index contributed by atoms with van der Waals surface area (Å²) in [6, 6.07) is 0. The molecule has 0 aliphatic heterocycles. The Morgan fingerprint density at radius 1 is 1.20 bits per heavy atom. The molecule has 0 radical (unpaired) electrons. The third-order valence-electron chi connectivity index (χ3n) is 8.29. The minimum atomic E-state index is -0.521. The van der Waals surface area contributed by atoms with Gasteiger partial charge in [0.1, 0.15) is 5.78 Å².